The van der Waals surface area contributed by atoms with Crippen LogP contribution in [0.4, 0.5) is 0 Å². The van der Waals surface area contributed by atoms with E-state index in [1.807, 2.05) is 6.07 Å². The van der Waals surface area contributed by atoms with Crippen molar-refractivity contribution in [2.45, 2.75) is 0 Å². The quantitative estimate of drug-likeness (QED) is 0.824. The van der Waals surface area contributed by atoms with E-state index in [0.29, 0.717) is 26.0 Å². The molecule has 0 saturated carbocycles. The third-order valence-electron chi connectivity index (χ3n) is 2.49. The Kier molecular flexibility index (Phi) is 4.42. The second-order valence-electron chi connectivity index (χ2n) is 3.78. The molecule has 0 aliphatic heterocycles. The molecule has 2 aromatic rings. The van der Waals surface area contributed by atoms with Gasteiger partial charge >= 0.3 is 5.97 Å². The van der Waals surface area contributed by atoms with Crippen molar-refractivity contribution in [3.8, 4) is 17.6 Å². The zero-order valence-corrected chi connectivity index (χ0v) is 13.1. The van der Waals surface area contributed by atoms with Crippen molar-refractivity contribution in [3.05, 3.63) is 56.5 Å². The molecule has 100 valence electrons. The van der Waals surface area contributed by atoms with E-state index in [0.717, 1.165) is 0 Å². The molecular formula is C14H7Br2NO3. The van der Waals surface area contributed by atoms with Gasteiger partial charge in [-0.25, -0.2) is 4.79 Å². The Morgan fingerprint density at radius 3 is 2.55 bits per heavy atom. The summed E-state index contributed by atoms with van der Waals surface area (Å²) in [6.45, 7) is 0. The lowest BCUT2D eigenvalue weighted by Crippen LogP contribution is -1.97. The average molecular weight is 397 g/mol. The van der Waals surface area contributed by atoms with Crippen LogP contribution in [0.2, 0.25) is 0 Å². The zero-order chi connectivity index (χ0) is 14.7. The van der Waals surface area contributed by atoms with Crippen molar-refractivity contribution in [1.29, 1.82) is 5.26 Å². The molecule has 0 amide bonds. The van der Waals surface area contributed by atoms with E-state index < -0.39 is 5.97 Å². The van der Waals surface area contributed by atoms with Crippen LogP contribution in [-0.4, -0.2) is 11.1 Å². The van der Waals surface area contributed by atoms with Gasteiger partial charge < -0.3 is 9.84 Å². The summed E-state index contributed by atoms with van der Waals surface area (Å²) in [6.07, 6.45) is 0. The minimum Gasteiger partial charge on any atom is -0.478 e. The lowest BCUT2D eigenvalue weighted by molar-refractivity contribution is 0.0696. The topological polar surface area (TPSA) is 70.3 Å². The molecule has 0 unspecified atom stereocenters. The van der Waals surface area contributed by atoms with Gasteiger partial charge in [-0.1, -0.05) is 6.07 Å². The third kappa shape index (κ3) is 3.00. The Bertz CT molecular complexity index is 723. The van der Waals surface area contributed by atoms with Crippen LogP contribution in [0.5, 0.6) is 11.5 Å². The molecule has 0 aliphatic rings. The molecular weight excluding hydrogens is 390 g/mol. The summed E-state index contributed by atoms with van der Waals surface area (Å²) < 4.78 is 6.86. The normalized spacial score (nSPS) is 9.85. The van der Waals surface area contributed by atoms with Crippen molar-refractivity contribution in [3.63, 3.8) is 0 Å². The highest BCUT2D eigenvalue weighted by Crippen LogP contribution is 2.34. The number of nitrogens with zero attached hydrogens (tertiary/aromatic N) is 1. The second-order valence-corrected chi connectivity index (χ2v) is 5.49. The van der Waals surface area contributed by atoms with Gasteiger partial charge in [0.05, 0.1) is 10.0 Å². The lowest BCUT2D eigenvalue weighted by Gasteiger charge is -2.10. The maximum absolute atomic E-state index is 11.0. The first-order valence-electron chi connectivity index (χ1n) is 5.42. The highest BCUT2D eigenvalue weighted by atomic mass is 79.9. The van der Waals surface area contributed by atoms with E-state index in [9.17, 15) is 4.79 Å². The molecule has 0 bridgehead atoms. The van der Waals surface area contributed by atoms with Gasteiger partial charge in [0.2, 0.25) is 0 Å². The molecule has 0 atom stereocenters. The molecule has 20 heavy (non-hydrogen) atoms. The minimum absolute atomic E-state index is 0.108. The fraction of sp³-hybridized carbons (Fsp3) is 0. The van der Waals surface area contributed by atoms with E-state index in [2.05, 4.69) is 31.9 Å². The first-order valence-corrected chi connectivity index (χ1v) is 7.01. The van der Waals surface area contributed by atoms with E-state index in [1.165, 1.54) is 12.1 Å². The monoisotopic (exact) mass is 395 g/mol. The molecule has 0 radical (unpaired) electrons. The number of carbonyl (C=O) groups is 1. The summed E-state index contributed by atoms with van der Waals surface area (Å²) in [7, 11) is 0. The Morgan fingerprint density at radius 2 is 1.90 bits per heavy atom. The van der Waals surface area contributed by atoms with Crippen LogP contribution in [0.3, 0.4) is 0 Å². The molecule has 4 nitrogen and oxygen atoms in total. The maximum Gasteiger partial charge on any atom is 0.335 e. The van der Waals surface area contributed by atoms with Crippen molar-refractivity contribution in [1.82, 2.24) is 0 Å². The summed E-state index contributed by atoms with van der Waals surface area (Å²) in [6, 6.07) is 11.6. The van der Waals surface area contributed by atoms with Crippen LogP contribution >= 0.6 is 31.9 Å². The Hall–Kier alpha value is -1.84. The van der Waals surface area contributed by atoms with Crippen LogP contribution in [-0.2, 0) is 0 Å². The van der Waals surface area contributed by atoms with E-state index >= 15 is 0 Å². The number of hydrogen-bond acceptors (Lipinski definition) is 3. The molecule has 0 saturated heterocycles. The standard InChI is InChI=1S/C14H7Br2NO3/c15-10-2-1-3-12(9(10)7-17)20-13-6-8(14(18)19)4-5-11(13)16/h1-6H,(H,18,19). The Morgan fingerprint density at radius 1 is 1.15 bits per heavy atom. The number of ether oxygens (including phenoxy) is 1. The van der Waals surface area contributed by atoms with Crippen molar-refractivity contribution in [2.75, 3.05) is 0 Å². The number of carboxylic acids is 1. The van der Waals surface area contributed by atoms with Crippen molar-refractivity contribution in [2.24, 2.45) is 0 Å². The molecule has 0 aliphatic carbocycles. The van der Waals surface area contributed by atoms with Crippen LogP contribution in [0.15, 0.2) is 45.3 Å². The molecule has 0 spiro atoms. The number of nitriles is 1. The lowest BCUT2D eigenvalue weighted by atomic mass is 10.2. The SMILES string of the molecule is N#Cc1c(Br)cccc1Oc1cc(C(=O)O)ccc1Br. The number of halogens is 2. The smallest absolute Gasteiger partial charge is 0.335 e. The number of aromatic carboxylic acids is 1. The minimum atomic E-state index is -1.04. The number of hydrogen-bond donors (Lipinski definition) is 1. The van der Waals surface area contributed by atoms with Gasteiger partial charge in [0.1, 0.15) is 23.1 Å². The summed E-state index contributed by atoms with van der Waals surface area (Å²) in [5.74, 6) is -0.360. The van der Waals surface area contributed by atoms with Crippen LogP contribution in [0.1, 0.15) is 15.9 Å². The predicted octanol–water partition coefficient (Wildman–Crippen LogP) is 4.57. The van der Waals surface area contributed by atoms with E-state index in [1.54, 1.807) is 24.3 Å². The number of benzene rings is 2. The van der Waals surface area contributed by atoms with Crippen molar-refractivity contribution >= 4 is 37.8 Å². The van der Waals surface area contributed by atoms with Gasteiger partial charge in [-0.05, 0) is 62.2 Å². The fourth-order valence-electron chi connectivity index (χ4n) is 1.53. The molecule has 1 N–H and O–H groups in total. The first-order chi connectivity index (χ1) is 9.52. The summed E-state index contributed by atoms with van der Waals surface area (Å²) in [5, 5.41) is 18.1. The largest absolute Gasteiger partial charge is 0.478 e. The maximum atomic E-state index is 11.0. The van der Waals surface area contributed by atoms with Crippen LogP contribution in [0, 0.1) is 11.3 Å². The van der Waals surface area contributed by atoms with E-state index in [4.69, 9.17) is 15.1 Å². The third-order valence-corrected chi connectivity index (χ3v) is 3.80. The average Bonchev–Trinajstić information content (AvgIpc) is 2.41. The van der Waals surface area contributed by atoms with E-state index in [-0.39, 0.29) is 5.56 Å². The predicted molar refractivity (Wildman–Crippen MR) is 80.0 cm³/mol. The van der Waals surface area contributed by atoms with Gasteiger partial charge in [-0.3, -0.25) is 0 Å². The number of rotatable bonds is 3. The molecule has 2 aromatic carbocycles. The van der Waals surface area contributed by atoms with Crippen LogP contribution < -0.4 is 4.74 Å². The summed E-state index contributed by atoms with van der Waals surface area (Å²) in [5.41, 5.74) is 0.455. The van der Waals surface area contributed by atoms with Gasteiger partial charge in [-0.15, -0.1) is 0 Å². The van der Waals surface area contributed by atoms with Gasteiger partial charge in [0, 0.05) is 4.47 Å². The number of carboxylic acid groups (broad SMARTS) is 1. The van der Waals surface area contributed by atoms with Gasteiger partial charge in [0.15, 0.2) is 0 Å². The Labute approximate surface area is 131 Å². The molecule has 0 aromatic heterocycles. The van der Waals surface area contributed by atoms with Gasteiger partial charge in [-0.2, -0.15) is 5.26 Å². The summed E-state index contributed by atoms with van der Waals surface area (Å²) >= 11 is 6.56. The molecule has 2 rings (SSSR count). The molecule has 6 heteroatoms. The highest BCUT2D eigenvalue weighted by molar-refractivity contribution is 9.10. The highest BCUT2D eigenvalue weighted by Gasteiger charge is 2.12. The van der Waals surface area contributed by atoms with Crippen LogP contribution in [0.25, 0.3) is 0 Å². The van der Waals surface area contributed by atoms with Crippen molar-refractivity contribution < 1.29 is 14.6 Å². The summed E-state index contributed by atoms with van der Waals surface area (Å²) in [4.78, 5) is 11.0. The van der Waals surface area contributed by atoms with Gasteiger partial charge in [0.25, 0.3) is 0 Å². The fourth-order valence-corrected chi connectivity index (χ4v) is 2.30. The second kappa shape index (κ2) is 6.07. The Balaban J connectivity index is 2.45. The molecule has 0 fully saturated rings. The molecule has 0 heterocycles. The first kappa shape index (κ1) is 14.6. The zero-order valence-electron chi connectivity index (χ0n) is 9.93.